The summed E-state index contributed by atoms with van der Waals surface area (Å²) in [5, 5.41) is 7.52. The van der Waals surface area contributed by atoms with Gasteiger partial charge in [-0.25, -0.2) is 18.4 Å². The van der Waals surface area contributed by atoms with Crippen molar-refractivity contribution >= 4 is 27.6 Å². The number of nitrogens with two attached hydrogens (primary N) is 1. The first-order valence-electron chi connectivity index (χ1n) is 9.71. The monoisotopic (exact) mass is 470 g/mol. The highest BCUT2D eigenvalue weighted by Gasteiger charge is 2.15. The third kappa shape index (κ3) is 6.79. The van der Waals surface area contributed by atoms with Gasteiger partial charge in [0.25, 0.3) is 5.91 Å². The van der Waals surface area contributed by atoms with E-state index in [1.807, 2.05) is 30.3 Å². The maximum atomic E-state index is 12.4. The molecule has 0 unspecified atom stereocenters. The van der Waals surface area contributed by atoms with Crippen molar-refractivity contribution in [1.82, 2.24) is 0 Å². The summed E-state index contributed by atoms with van der Waals surface area (Å²) in [6.45, 7) is -0.249. The Bertz CT molecular complexity index is 1240. The number of esters is 1. The third-order valence-corrected chi connectivity index (χ3v) is 5.33. The molecular formula is C23H22N2O7S. The van der Waals surface area contributed by atoms with Crippen molar-refractivity contribution in [3.8, 4) is 11.5 Å². The predicted octanol–water partition coefficient (Wildman–Crippen LogP) is 2.72. The Balaban J connectivity index is 1.58. The number of hydrogen-bond acceptors (Lipinski definition) is 7. The number of sulfonamides is 1. The lowest BCUT2D eigenvalue weighted by Gasteiger charge is -2.12. The topological polar surface area (TPSA) is 134 Å². The van der Waals surface area contributed by atoms with Gasteiger partial charge < -0.3 is 19.5 Å². The number of primary sulfonamides is 1. The number of methoxy groups -OCH3 is 1. The second-order valence-corrected chi connectivity index (χ2v) is 8.40. The normalized spacial score (nSPS) is 10.8. The van der Waals surface area contributed by atoms with Crippen molar-refractivity contribution in [2.75, 3.05) is 19.0 Å². The summed E-state index contributed by atoms with van der Waals surface area (Å²) >= 11 is 0. The number of amides is 1. The summed E-state index contributed by atoms with van der Waals surface area (Å²) in [6, 6.07) is 19.5. The van der Waals surface area contributed by atoms with Crippen molar-refractivity contribution < 1.29 is 32.2 Å². The molecule has 0 atom stereocenters. The molecule has 3 aromatic rings. The molecule has 3 aromatic carbocycles. The number of carbonyl (C=O) groups is 2. The zero-order chi connectivity index (χ0) is 23.8. The average Bonchev–Trinajstić information content (AvgIpc) is 2.81. The standard InChI is InChI=1S/C23H22N2O7S/c1-30-21-12-17(10-11-20(21)31-14-16-6-3-2-4-7-16)23(27)32-15-22(26)25-18-8-5-9-19(13-18)33(24,28)29/h2-13H,14-15H2,1H3,(H,25,26)(H2,24,28,29). The first-order valence-corrected chi connectivity index (χ1v) is 11.3. The van der Waals surface area contributed by atoms with Gasteiger partial charge in [0.05, 0.1) is 17.6 Å². The first-order chi connectivity index (χ1) is 15.8. The molecule has 3 N–H and O–H groups in total. The molecule has 0 saturated carbocycles. The Kier molecular flexibility index (Phi) is 7.65. The number of carbonyl (C=O) groups excluding carboxylic acids is 2. The molecule has 0 radical (unpaired) electrons. The molecule has 1 amide bonds. The van der Waals surface area contributed by atoms with Crippen LogP contribution in [0.15, 0.2) is 77.7 Å². The van der Waals surface area contributed by atoms with Gasteiger partial charge in [-0.15, -0.1) is 0 Å². The van der Waals surface area contributed by atoms with Crippen LogP contribution in [0.25, 0.3) is 0 Å². The number of anilines is 1. The molecule has 3 rings (SSSR count). The molecule has 0 bridgehead atoms. The zero-order valence-corrected chi connectivity index (χ0v) is 18.5. The Morgan fingerprint density at radius 2 is 1.70 bits per heavy atom. The van der Waals surface area contributed by atoms with Crippen LogP contribution in [0.2, 0.25) is 0 Å². The van der Waals surface area contributed by atoms with E-state index in [-0.39, 0.29) is 16.1 Å². The molecule has 172 valence electrons. The van der Waals surface area contributed by atoms with Crippen LogP contribution >= 0.6 is 0 Å². The predicted molar refractivity (Wildman–Crippen MR) is 120 cm³/mol. The number of benzene rings is 3. The minimum atomic E-state index is -3.91. The van der Waals surface area contributed by atoms with Crippen molar-refractivity contribution in [2.24, 2.45) is 5.14 Å². The lowest BCUT2D eigenvalue weighted by Crippen LogP contribution is -2.21. The van der Waals surface area contributed by atoms with Gasteiger partial charge in [0.1, 0.15) is 6.61 Å². The van der Waals surface area contributed by atoms with Gasteiger partial charge in [-0.1, -0.05) is 36.4 Å². The highest BCUT2D eigenvalue weighted by Crippen LogP contribution is 2.29. The molecule has 0 aromatic heterocycles. The van der Waals surface area contributed by atoms with Crippen molar-refractivity contribution in [3.63, 3.8) is 0 Å². The first kappa shape index (κ1) is 23.8. The molecule has 0 fully saturated rings. The quantitative estimate of drug-likeness (QED) is 0.459. The molecule has 9 nitrogen and oxygen atoms in total. The molecule has 0 aliphatic carbocycles. The smallest absolute Gasteiger partial charge is 0.338 e. The Morgan fingerprint density at radius 1 is 0.939 bits per heavy atom. The Labute approximate surface area is 191 Å². The lowest BCUT2D eigenvalue weighted by atomic mass is 10.2. The lowest BCUT2D eigenvalue weighted by molar-refractivity contribution is -0.119. The van der Waals surface area contributed by atoms with E-state index < -0.39 is 28.5 Å². The van der Waals surface area contributed by atoms with Crippen LogP contribution in [-0.2, 0) is 26.2 Å². The van der Waals surface area contributed by atoms with Gasteiger partial charge in [-0.2, -0.15) is 0 Å². The van der Waals surface area contributed by atoms with E-state index in [2.05, 4.69) is 5.32 Å². The van der Waals surface area contributed by atoms with E-state index in [1.165, 1.54) is 43.5 Å². The fourth-order valence-corrected chi connectivity index (χ4v) is 3.37. The minimum absolute atomic E-state index is 0.154. The maximum absolute atomic E-state index is 12.4. The number of rotatable bonds is 9. The summed E-state index contributed by atoms with van der Waals surface area (Å²) < 4.78 is 38.9. The van der Waals surface area contributed by atoms with Gasteiger partial charge >= 0.3 is 5.97 Å². The van der Waals surface area contributed by atoms with E-state index in [1.54, 1.807) is 6.07 Å². The highest BCUT2D eigenvalue weighted by molar-refractivity contribution is 7.89. The van der Waals surface area contributed by atoms with E-state index in [9.17, 15) is 18.0 Å². The number of nitrogens with one attached hydrogen (secondary N) is 1. The zero-order valence-electron chi connectivity index (χ0n) is 17.7. The second-order valence-electron chi connectivity index (χ2n) is 6.84. The minimum Gasteiger partial charge on any atom is -0.493 e. The van der Waals surface area contributed by atoms with Crippen molar-refractivity contribution in [1.29, 1.82) is 0 Å². The van der Waals surface area contributed by atoms with Crippen LogP contribution in [0.3, 0.4) is 0 Å². The van der Waals surface area contributed by atoms with E-state index in [4.69, 9.17) is 19.3 Å². The van der Waals surface area contributed by atoms with Crippen LogP contribution in [0.1, 0.15) is 15.9 Å². The number of ether oxygens (including phenoxy) is 3. The Morgan fingerprint density at radius 3 is 2.39 bits per heavy atom. The van der Waals surface area contributed by atoms with Crippen LogP contribution in [0.5, 0.6) is 11.5 Å². The molecular weight excluding hydrogens is 448 g/mol. The van der Waals surface area contributed by atoms with Crippen LogP contribution in [-0.4, -0.2) is 34.0 Å². The van der Waals surface area contributed by atoms with Crippen LogP contribution < -0.4 is 19.9 Å². The maximum Gasteiger partial charge on any atom is 0.338 e. The van der Waals surface area contributed by atoms with Gasteiger partial charge in [0, 0.05) is 5.69 Å². The third-order valence-electron chi connectivity index (χ3n) is 4.42. The van der Waals surface area contributed by atoms with Crippen molar-refractivity contribution in [3.05, 3.63) is 83.9 Å². The summed E-state index contributed by atoms with van der Waals surface area (Å²) in [6.07, 6.45) is 0. The molecule has 0 saturated heterocycles. The summed E-state index contributed by atoms with van der Waals surface area (Å²) in [5.41, 5.74) is 1.34. The van der Waals surface area contributed by atoms with Gasteiger partial charge in [-0.05, 0) is 42.0 Å². The summed E-state index contributed by atoms with van der Waals surface area (Å²) in [5.74, 6) is -0.601. The highest BCUT2D eigenvalue weighted by atomic mass is 32.2. The summed E-state index contributed by atoms with van der Waals surface area (Å²) in [4.78, 5) is 24.3. The van der Waals surface area contributed by atoms with E-state index >= 15 is 0 Å². The average molecular weight is 471 g/mol. The second kappa shape index (κ2) is 10.6. The Hall–Kier alpha value is -3.89. The molecule has 0 heterocycles. The van der Waals surface area contributed by atoms with Gasteiger partial charge in [0.15, 0.2) is 18.1 Å². The SMILES string of the molecule is COc1cc(C(=O)OCC(=O)Nc2cccc(S(N)(=O)=O)c2)ccc1OCc1ccccc1. The van der Waals surface area contributed by atoms with Crippen LogP contribution in [0, 0.1) is 0 Å². The fourth-order valence-electron chi connectivity index (χ4n) is 2.81. The molecule has 10 heteroatoms. The number of hydrogen-bond donors (Lipinski definition) is 2. The van der Waals surface area contributed by atoms with E-state index in [0.717, 1.165) is 5.56 Å². The molecule has 0 aliphatic heterocycles. The van der Waals surface area contributed by atoms with Crippen LogP contribution in [0.4, 0.5) is 5.69 Å². The summed E-state index contributed by atoms with van der Waals surface area (Å²) in [7, 11) is -2.46. The van der Waals surface area contributed by atoms with E-state index in [0.29, 0.717) is 18.1 Å². The fraction of sp³-hybridized carbons (Fsp3) is 0.130. The molecule has 0 spiro atoms. The largest absolute Gasteiger partial charge is 0.493 e. The molecule has 0 aliphatic rings. The van der Waals surface area contributed by atoms with Gasteiger partial charge in [-0.3, -0.25) is 4.79 Å². The van der Waals surface area contributed by atoms with Gasteiger partial charge in [0.2, 0.25) is 10.0 Å². The van der Waals surface area contributed by atoms with Crippen molar-refractivity contribution in [2.45, 2.75) is 11.5 Å². The molecule has 33 heavy (non-hydrogen) atoms.